The van der Waals surface area contributed by atoms with Crippen LogP contribution >= 0.6 is 0 Å². The van der Waals surface area contributed by atoms with Gasteiger partial charge in [-0.05, 0) is 6.42 Å². The highest BCUT2D eigenvalue weighted by Crippen LogP contribution is 2.14. The van der Waals surface area contributed by atoms with E-state index in [1.165, 1.54) is 0 Å². The molecule has 1 rings (SSSR count). The van der Waals surface area contributed by atoms with Crippen molar-refractivity contribution in [3.8, 4) is 0 Å². The lowest BCUT2D eigenvalue weighted by Gasteiger charge is -2.07. The summed E-state index contributed by atoms with van der Waals surface area (Å²) in [6.45, 7) is 1.09. The van der Waals surface area contributed by atoms with Crippen LogP contribution in [0.5, 0.6) is 0 Å². The molecule has 5 nitrogen and oxygen atoms in total. The van der Waals surface area contributed by atoms with Gasteiger partial charge in [-0.15, -0.1) is 0 Å². The van der Waals surface area contributed by atoms with Crippen LogP contribution < -0.4 is 0 Å². The maximum absolute atomic E-state index is 10.9. The number of ketones is 1. The highest BCUT2D eigenvalue weighted by molar-refractivity contribution is 7.91. The largest absolute Gasteiger partial charge is 0.456 e. The third-order valence-electron chi connectivity index (χ3n) is 1.75. The lowest BCUT2D eigenvalue weighted by molar-refractivity contribution is -0.156. The van der Waals surface area contributed by atoms with Gasteiger partial charge >= 0.3 is 5.97 Å². The zero-order chi connectivity index (χ0) is 10.1. The van der Waals surface area contributed by atoms with Crippen molar-refractivity contribution >= 4 is 21.6 Å². The monoisotopic (exact) mass is 206 g/mol. The average Bonchev–Trinajstić information content (AvgIpc) is 2.30. The Morgan fingerprint density at radius 2 is 2.00 bits per heavy atom. The van der Waals surface area contributed by atoms with Crippen molar-refractivity contribution in [3.05, 3.63) is 0 Å². The molecule has 0 aromatic carbocycles. The predicted molar refractivity (Wildman–Crippen MR) is 43.8 cm³/mol. The Morgan fingerprint density at radius 1 is 1.38 bits per heavy atom. The third-order valence-corrected chi connectivity index (χ3v) is 3.49. The van der Waals surface area contributed by atoms with Gasteiger partial charge < -0.3 is 4.74 Å². The van der Waals surface area contributed by atoms with Crippen LogP contribution in [0.15, 0.2) is 0 Å². The Bertz CT molecular complexity index is 329. The van der Waals surface area contributed by atoms with E-state index in [1.54, 1.807) is 0 Å². The second-order valence-corrected chi connectivity index (χ2v) is 5.22. The van der Waals surface area contributed by atoms with E-state index in [-0.39, 0.29) is 11.5 Å². The van der Waals surface area contributed by atoms with Gasteiger partial charge in [0.15, 0.2) is 9.84 Å². The Labute approximate surface area is 76.0 Å². The van der Waals surface area contributed by atoms with E-state index in [9.17, 15) is 18.0 Å². The van der Waals surface area contributed by atoms with Crippen molar-refractivity contribution in [2.24, 2.45) is 0 Å². The number of esters is 1. The molecule has 1 unspecified atom stereocenters. The van der Waals surface area contributed by atoms with E-state index < -0.39 is 27.7 Å². The van der Waals surface area contributed by atoms with Gasteiger partial charge in [-0.2, -0.15) is 0 Å². The number of hydrogen-bond acceptors (Lipinski definition) is 5. The van der Waals surface area contributed by atoms with Crippen LogP contribution in [0, 0.1) is 0 Å². The SMILES string of the molecule is CC(=O)C(=O)OC1CCS(=O)(=O)C1. The van der Waals surface area contributed by atoms with E-state index in [4.69, 9.17) is 0 Å². The van der Waals surface area contributed by atoms with Gasteiger partial charge in [0.25, 0.3) is 0 Å². The molecule has 1 saturated heterocycles. The summed E-state index contributed by atoms with van der Waals surface area (Å²) in [6, 6.07) is 0. The van der Waals surface area contributed by atoms with Gasteiger partial charge in [0.2, 0.25) is 5.78 Å². The molecule has 1 aliphatic rings. The third kappa shape index (κ3) is 2.80. The minimum Gasteiger partial charge on any atom is -0.456 e. The van der Waals surface area contributed by atoms with Crippen molar-refractivity contribution in [1.29, 1.82) is 0 Å². The summed E-state index contributed by atoms with van der Waals surface area (Å²) in [5.41, 5.74) is 0. The fourth-order valence-corrected chi connectivity index (χ4v) is 2.68. The van der Waals surface area contributed by atoms with Crippen LogP contribution in [0.2, 0.25) is 0 Å². The predicted octanol–water partition coefficient (Wildman–Crippen LogP) is -0.694. The fraction of sp³-hybridized carbons (Fsp3) is 0.714. The molecule has 0 N–H and O–H groups in total. The molecule has 6 heteroatoms. The van der Waals surface area contributed by atoms with Crippen LogP contribution in [-0.2, 0) is 24.2 Å². The number of sulfone groups is 1. The Hall–Kier alpha value is -0.910. The van der Waals surface area contributed by atoms with Crippen LogP contribution in [0.4, 0.5) is 0 Å². The number of rotatable bonds is 2. The van der Waals surface area contributed by atoms with Crippen LogP contribution in [-0.4, -0.2) is 37.8 Å². The fourth-order valence-electron chi connectivity index (χ4n) is 1.09. The summed E-state index contributed by atoms with van der Waals surface area (Å²) in [7, 11) is -3.06. The molecule has 13 heavy (non-hydrogen) atoms. The van der Waals surface area contributed by atoms with Crippen LogP contribution in [0.1, 0.15) is 13.3 Å². The molecule has 1 aliphatic heterocycles. The number of hydrogen-bond donors (Lipinski definition) is 0. The molecular formula is C7H10O5S. The summed E-state index contributed by atoms with van der Waals surface area (Å²) in [4.78, 5) is 21.2. The number of Topliss-reactive ketones (excluding diaryl/α,β-unsaturated/α-hetero) is 1. The molecule has 1 fully saturated rings. The van der Waals surface area contributed by atoms with Gasteiger partial charge in [-0.3, -0.25) is 4.79 Å². The summed E-state index contributed by atoms with van der Waals surface area (Å²) in [5.74, 6) is -1.79. The molecular weight excluding hydrogens is 196 g/mol. The number of ether oxygens (including phenoxy) is 1. The highest BCUT2D eigenvalue weighted by atomic mass is 32.2. The van der Waals surface area contributed by atoms with E-state index in [2.05, 4.69) is 4.74 Å². The van der Waals surface area contributed by atoms with E-state index >= 15 is 0 Å². The summed E-state index contributed by atoms with van der Waals surface area (Å²) >= 11 is 0. The summed E-state index contributed by atoms with van der Waals surface area (Å²) < 4.78 is 26.5. The maximum Gasteiger partial charge on any atom is 0.374 e. The van der Waals surface area contributed by atoms with Gasteiger partial charge in [0.1, 0.15) is 6.10 Å². The summed E-state index contributed by atoms with van der Waals surface area (Å²) in [6.07, 6.45) is -0.345. The van der Waals surface area contributed by atoms with E-state index in [0.29, 0.717) is 6.42 Å². The molecule has 0 radical (unpaired) electrons. The normalized spacial score (nSPS) is 25.5. The molecule has 0 spiro atoms. The zero-order valence-corrected chi connectivity index (χ0v) is 7.96. The first-order valence-corrected chi connectivity index (χ1v) is 5.65. The molecule has 0 aromatic heterocycles. The molecule has 0 aliphatic carbocycles. The molecule has 74 valence electrons. The molecule has 1 heterocycles. The topological polar surface area (TPSA) is 77.5 Å². The zero-order valence-electron chi connectivity index (χ0n) is 7.15. The molecule has 1 atom stereocenters. The lowest BCUT2D eigenvalue weighted by Crippen LogP contribution is -2.23. The second-order valence-electron chi connectivity index (χ2n) is 2.99. The molecule has 0 aromatic rings. The molecule has 0 amide bonds. The smallest absolute Gasteiger partial charge is 0.374 e. The van der Waals surface area contributed by atoms with Gasteiger partial charge in [-0.25, -0.2) is 13.2 Å². The Kier molecular flexibility index (Phi) is 2.70. The second kappa shape index (κ2) is 3.45. The Morgan fingerprint density at radius 3 is 2.38 bits per heavy atom. The van der Waals surface area contributed by atoms with Gasteiger partial charge in [0, 0.05) is 6.92 Å². The molecule has 0 bridgehead atoms. The lowest BCUT2D eigenvalue weighted by atomic mass is 10.3. The number of carbonyl (C=O) groups excluding carboxylic acids is 2. The van der Waals surface area contributed by atoms with Crippen molar-refractivity contribution in [2.75, 3.05) is 11.5 Å². The highest BCUT2D eigenvalue weighted by Gasteiger charge is 2.31. The quantitative estimate of drug-likeness (QED) is 0.441. The molecule has 0 saturated carbocycles. The standard InChI is InChI=1S/C7H10O5S/c1-5(8)7(9)12-6-2-3-13(10,11)4-6/h6H,2-4H2,1H3. The van der Waals surface area contributed by atoms with Gasteiger partial charge in [-0.1, -0.05) is 0 Å². The average molecular weight is 206 g/mol. The van der Waals surface area contributed by atoms with E-state index in [1.807, 2.05) is 0 Å². The first-order chi connectivity index (χ1) is 5.91. The first-order valence-electron chi connectivity index (χ1n) is 3.83. The minimum absolute atomic E-state index is 0.0306. The van der Waals surface area contributed by atoms with Crippen molar-refractivity contribution in [1.82, 2.24) is 0 Å². The maximum atomic E-state index is 10.9. The minimum atomic E-state index is -3.06. The number of carbonyl (C=O) groups is 2. The summed E-state index contributed by atoms with van der Waals surface area (Å²) in [5, 5.41) is 0. The van der Waals surface area contributed by atoms with Crippen molar-refractivity contribution < 1.29 is 22.7 Å². The Balaban J connectivity index is 2.50. The van der Waals surface area contributed by atoms with Crippen molar-refractivity contribution in [2.45, 2.75) is 19.4 Å². The van der Waals surface area contributed by atoms with Crippen molar-refractivity contribution in [3.63, 3.8) is 0 Å². The first kappa shape index (κ1) is 10.2. The van der Waals surface area contributed by atoms with Crippen LogP contribution in [0.3, 0.4) is 0 Å². The van der Waals surface area contributed by atoms with E-state index in [0.717, 1.165) is 6.92 Å². The van der Waals surface area contributed by atoms with Crippen LogP contribution in [0.25, 0.3) is 0 Å². The van der Waals surface area contributed by atoms with Gasteiger partial charge in [0.05, 0.1) is 11.5 Å².